The van der Waals surface area contributed by atoms with Gasteiger partial charge in [0.1, 0.15) is 18.1 Å². The molecule has 2 heterocycles. The maximum atomic E-state index is 13.1. The van der Waals surface area contributed by atoms with Crippen molar-refractivity contribution in [2.45, 2.75) is 50.4 Å². The first-order chi connectivity index (χ1) is 17.7. The number of carboxylic acids is 1. The van der Waals surface area contributed by atoms with Crippen LogP contribution in [0.3, 0.4) is 0 Å². The summed E-state index contributed by atoms with van der Waals surface area (Å²) in [6.07, 6.45) is 6.21. The lowest BCUT2D eigenvalue weighted by atomic mass is 10.0. The number of carbonyl (C=O) groups excluding carboxylic acids is 3. The third-order valence-corrected chi connectivity index (χ3v) is 5.59. The molecule has 4 atom stereocenters. The van der Waals surface area contributed by atoms with Crippen LogP contribution in [0.2, 0.25) is 0 Å². The van der Waals surface area contributed by atoms with Crippen LogP contribution in [-0.4, -0.2) is 72.9 Å². The number of hydrogen-bond donors (Lipinski definition) is 7. The van der Waals surface area contributed by atoms with Crippen molar-refractivity contribution in [3.05, 3.63) is 72.3 Å². The molecule has 0 spiro atoms. The molecule has 0 aliphatic heterocycles. The molecule has 0 bridgehead atoms. The summed E-state index contributed by atoms with van der Waals surface area (Å²) in [5, 5.41) is 17.3. The van der Waals surface area contributed by atoms with Crippen LogP contribution in [-0.2, 0) is 38.4 Å². The first kappa shape index (κ1) is 27.1. The molecule has 3 aromatic rings. The van der Waals surface area contributed by atoms with E-state index < -0.39 is 47.9 Å². The molecular weight excluding hydrogens is 480 g/mol. The molecule has 2 aromatic heterocycles. The Morgan fingerprint density at radius 1 is 0.838 bits per heavy atom. The number of benzene rings is 1. The highest BCUT2D eigenvalue weighted by atomic mass is 16.4. The van der Waals surface area contributed by atoms with Gasteiger partial charge in [0.25, 0.3) is 0 Å². The number of carboxylic acid groups (broad SMARTS) is 1. The fourth-order valence-electron chi connectivity index (χ4n) is 3.56. The molecule has 0 aliphatic carbocycles. The molecule has 0 saturated carbocycles. The number of amides is 3. The number of hydrogen-bond acceptors (Lipinski definition) is 7. The maximum absolute atomic E-state index is 13.1. The van der Waals surface area contributed by atoms with E-state index in [2.05, 4.69) is 35.9 Å². The quantitative estimate of drug-likeness (QED) is 0.152. The summed E-state index contributed by atoms with van der Waals surface area (Å²) >= 11 is 0. The predicted molar refractivity (Wildman–Crippen MR) is 132 cm³/mol. The molecule has 3 amide bonds. The Labute approximate surface area is 212 Å². The van der Waals surface area contributed by atoms with Crippen LogP contribution >= 0.6 is 0 Å². The summed E-state index contributed by atoms with van der Waals surface area (Å²) in [5.41, 5.74) is 7.87. The van der Waals surface area contributed by atoms with E-state index in [9.17, 15) is 24.3 Å². The first-order valence-corrected chi connectivity index (χ1v) is 11.6. The standard InChI is InChI=1S/C24H30N8O5/c1-14(30-22(34)18(25)8-16-10-26-12-28-16)21(33)31-19(9-17-11-27-13-29-17)23(35)32-20(24(36)37)7-15-5-3-2-4-6-15/h2-6,10-14,18-20H,7-9,25H2,1H3,(H,26,28)(H,27,29)(H,30,34)(H,31,33)(H,32,35)(H,36,37). The van der Waals surface area contributed by atoms with E-state index in [0.717, 1.165) is 5.56 Å². The lowest BCUT2D eigenvalue weighted by Crippen LogP contribution is -2.57. The van der Waals surface area contributed by atoms with E-state index in [4.69, 9.17) is 5.73 Å². The number of rotatable bonds is 13. The zero-order valence-electron chi connectivity index (χ0n) is 20.2. The van der Waals surface area contributed by atoms with Crippen molar-refractivity contribution in [3.63, 3.8) is 0 Å². The third kappa shape index (κ3) is 8.28. The maximum Gasteiger partial charge on any atom is 0.326 e. The second-order valence-electron chi connectivity index (χ2n) is 8.55. The van der Waals surface area contributed by atoms with E-state index in [1.165, 1.54) is 25.8 Å². The first-order valence-electron chi connectivity index (χ1n) is 11.6. The minimum absolute atomic E-state index is 0.0231. The van der Waals surface area contributed by atoms with E-state index in [1.807, 2.05) is 0 Å². The lowest BCUT2D eigenvalue weighted by Gasteiger charge is -2.23. The number of carbonyl (C=O) groups is 4. The average molecular weight is 511 g/mol. The van der Waals surface area contributed by atoms with E-state index in [1.54, 1.807) is 36.5 Å². The van der Waals surface area contributed by atoms with Crippen LogP contribution < -0.4 is 21.7 Å². The molecule has 1 aromatic carbocycles. The van der Waals surface area contributed by atoms with E-state index in [-0.39, 0.29) is 19.3 Å². The number of aliphatic carboxylic acids is 1. The third-order valence-electron chi connectivity index (χ3n) is 5.59. The van der Waals surface area contributed by atoms with Gasteiger partial charge in [-0.15, -0.1) is 0 Å². The zero-order chi connectivity index (χ0) is 26.8. The largest absolute Gasteiger partial charge is 0.480 e. The molecule has 8 N–H and O–H groups in total. The van der Waals surface area contributed by atoms with Crippen LogP contribution in [0, 0.1) is 0 Å². The Balaban J connectivity index is 1.64. The summed E-state index contributed by atoms with van der Waals surface area (Å²) in [6.45, 7) is 1.46. The number of aromatic amines is 2. The summed E-state index contributed by atoms with van der Waals surface area (Å²) in [6, 6.07) is 4.57. The second kappa shape index (κ2) is 13.0. The molecular formula is C24H30N8O5. The SMILES string of the molecule is CC(NC(=O)C(N)Cc1cnc[nH]1)C(=O)NC(Cc1cnc[nH]1)C(=O)NC(Cc1ccccc1)C(=O)O. The van der Waals surface area contributed by atoms with Crippen LogP contribution in [0.5, 0.6) is 0 Å². The van der Waals surface area contributed by atoms with E-state index in [0.29, 0.717) is 11.4 Å². The van der Waals surface area contributed by atoms with Gasteiger partial charge in [-0.05, 0) is 12.5 Å². The Morgan fingerprint density at radius 2 is 1.43 bits per heavy atom. The van der Waals surface area contributed by atoms with Crippen LogP contribution in [0.25, 0.3) is 0 Å². The molecule has 13 heteroatoms. The Morgan fingerprint density at radius 3 is 2.00 bits per heavy atom. The summed E-state index contributed by atoms with van der Waals surface area (Å²) in [4.78, 5) is 63.7. The van der Waals surface area contributed by atoms with Crippen molar-refractivity contribution in [1.29, 1.82) is 0 Å². The number of imidazole rings is 2. The average Bonchev–Trinajstić information content (AvgIpc) is 3.58. The number of nitrogens with two attached hydrogens (primary N) is 1. The summed E-state index contributed by atoms with van der Waals surface area (Å²) in [5.74, 6) is -3.10. The fourth-order valence-corrected chi connectivity index (χ4v) is 3.56. The normalized spacial score (nSPS) is 14.1. The molecule has 3 rings (SSSR count). The van der Waals surface area contributed by atoms with Crippen molar-refractivity contribution in [3.8, 4) is 0 Å². The Hall–Kier alpha value is -4.52. The van der Waals surface area contributed by atoms with Crippen LogP contribution in [0.15, 0.2) is 55.4 Å². The van der Waals surface area contributed by atoms with Gasteiger partial charge in [0.15, 0.2) is 0 Å². The highest BCUT2D eigenvalue weighted by Crippen LogP contribution is 2.06. The number of nitrogens with zero attached hydrogens (tertiary/aromatic N) is 2. The smallest absolute Gasteiger partial charge is 0.326 e. The molecule has 0 fully saturated rings. The van der Waals surface area contributed by atoms with Gasteiger partial charge in [-0.2, -0.15) is 0 Å². The number of aromatic nitrogens is 4. The Kier molecular flexibility index (Phi) is 9.49. The minimum Gasteiger partial charge on any atom is -0.480 e. The summed E-state index contributed by atoms with van der Waals surface area (Å²) < 4.78 is 0. The van der Waals surface area contributed by atoms with Gasteiger partial charge in [0.05, 0.1) is 18.7 Å². The molecule has 0 saturated heterocycles. The highest BCUT2D eigenvalue weighted by Gasteiger charge is 2.29. The van der Waals surface area contributed by atoms with Crippen molar-refractivity contribution in [2.75, 3.05) is 0 Å². The molecule has 4 unspecified atom stereocenters. The minimum atomic E-state index is -1.21. The number of H-pyrrole nitrogens is 2. The Bertz CT molecular complexity index is 1170. The highest BCUT2D eigenvalue weighted by molar-refractivity contribution is 5.94. The van der Waals surface area contributed by atoms with Crippen molar-refractivity contribution in [2.24, 2.45) is 5.73 Å². The van der Waals surface area contributed by atoms with Gasteiger partial charge in [-0.25, -0.2) is 14.8 Å². The molecule has 37 heavy (non-hydrogen) atoms. The molecule has 196 valence electrons. The van der Waals surface area contributed by atoms with Crippen LogP contribution in [0.4, 0.5) is 0 Å². The van der Waals surface area contributed by atoms with Crippen molar-refractivity contribution >= 4 is 23.7 Å². The molecule has 0 aliphatic rings. The van der Waals surface area contributed by atoms with E-state index >= 15 is 0 Å². The van der Waals surface area contributed by atoms with Crippen molar-refractivity contribution in [1.82, 2.24) is 35.9 Å². The monoisotopic (exact) mass is 510 g/mol. The molecule has 13 nitrogen and oxygen atoms in total. The van der Waals surface area contributed by atoms with Gasteiger partial charge < -0.3 is 36.8 Å². The van der Waals surface area contributed by atoms with Gasteiger partial charge >= 0.3 is 5.97 Å². The number of nitrogens with one attached hydrogen (secondary N) is 5. The second-order valence-corrected chi connectivity index (χ2v) is 8.55. The fraction of sp³-hybridized carbons (Fsp3) is 0.333. The van der Waals surface area contributed by atoms with Gasteiger partial charge in [-0.3, -0.25) is 14.4 Å². The summed E-state index contributed by atoms with van der Waals surface area (Å²) in [7, 11) is 0. The predicted octanol–water partition coefficient (Wildman–Crippen LogP) is -0.953. The lowest BCUT2D eigenvalue weighted by molar-refractivity contribution is -0.142. The van der Waals surface area contributed by atoms with Crippen LogP contribution in [0.1, 0.15) is 23.9 Å². The van der Waals surface area contributed by atoms with Gasteiger partial charge in [0, 0.05) is 43.0 Å². The van der Waals surface area contributed by atoms with Gasteiger partial charge in [-0.1, -0.05) is 30.3 Å². The van der Waals surface area contributed by atoms with Crippen molar-refractivity contribution < 1.29 is 24.3 Å². The molecule has 0 radical (unpaired) electrons. The van der Waals surface area contributed by atoms with Gasteiger partial charge in [0.2, 0.25) is 17.7 Å². The zero-order valence-corrected chi connectivity index (χ0v) is 20.2. The topological polar surface area (TPSA) is 208 Å².